The van der Waals surface area contributed by atoms with Crippen LogP contribution in [-0.2, 0) is 33.4 Å². The van der Waals surface area contributed by atoms with Crippen molar-refractivity contribution in [3.63, 3.8) is 0 Å². The molecule has 0 aliphatic carbocycles. The normalized spacial score (nSPS) is 23.9. The quantitative estimate of drug-likeness (QED) is 0.300. The van der Waals surface area contributed by atoms with E-state index >= 15 is 0 Å². The first-order valence-corrected chi connectivity index (χ1v) is 12.0. The van der Waals surface area contributed by atoms with E-state index in [4.69, 9.17) is 14.2 Å². The molecule has 0 bridgehead atoms. The highest BCUT2D eigenvalue weighted by atomic mass is 16.7. The summed E-state index contributed by atoms with van der Waals surface area (Å²) in [5.74, 6) is -1.05. The molecule has 0 radical (unpaired) electrons. The van der Waals surface area contributed by atoms with Gasteiger partial charge in [0, 0.05) is 45.2 Å². The van der Waals surface area contributed by atoms with Crippen LogP contribution in [0.4, 0.5) is 0 Å². The van der Waals surface area contributed by atoms with Crippen molar-refractivity contribution in [3.8, 4) is 0 Å². The molecule has 0 saturated carbocycles. The summed E-state index contributed by atoms with van der Waals surface area (Å²) in [6.45, 7) is 4.07. The number of esters is 2. The standard InChI is InChI=1S/C23H36N2O7/c1-17-6-4-12-24(17)20(26)8-2-3-9-21(27)25-13-5-7-19(25)23(29)32-16-31-22(28)18-10-14-30-15-11-18/h17-19H,2-16H2,1H3. The topological polar surface area (TPSA) is 102 Å². The number of hydrogen-bond acceptors (Lipinski definition) is 7. The number of ether oxygens (including phenoxy) is 3. The van der Waals surface area contributed by atoms with Crippen LogP contribution in [0, 0.1) is 5.92 Å². The van der Waals surface area contributed by atoms with Gasteiger partial charge >= 0.3 is 11.9 Å². The summed E-state index contributed by atoms with van der Waals surface area (Å²) in [4.78, 5) is 52.8. The molecule has 2 unspecified atom stereocenters. The number of unbranched alkanes of at least 4 members (excludes halogenated alkanes) is 1. The van der Waals surface area contributed by atoms with Gasteiger partial charge in [-0.05, 0) is 58.3 Å². The van der Waals surface area contributed by atoms with Gasteiger partial charge in [-0.3, -0.25) is 14.4 Å². The molecule has 2 amide bonds. The number of rotatable bonds is 9. The van der Waals surface area contributed by atoms with Crippen molar-refractivity contribution in [3.05, 3.63) is 0 Å². The monoisotopic (exact) mass is 452 g/mol. The Morgan fingerprint density at radius 3 is 2.06 bits per heavy atom. The van der Waals surface area contributed by atoms with Crippen LogP contribution in [0.3, 0.4) is 0 Å². The number of carbonyl (C=O) groups excluding carboxylic acids is 4. The lowest BCUT2D eigenvalue weighted by Gasteiger charge is -2.24. The maximum absolute atomic E-state index is 12.6. The van der Waals surface area contributed by atoms with E-state index in [0.717, 1.165) is 25.8 Å². The fourth-order valence-corrected chi connectivity index (χ4v) is 4.75. The lowest BCUT2D eigenvalue weighted by atomic mass is 10.0. The maximum Gasteiger partial charge on any atom is 0.331 e. The highest BCUT2D eigenvalue weighted by molar-refractivity contribution is 5.85. The second-order valence-corrected chi connectivity index (χ2v) is 8.96. The molecule has 0 aromatic heterocycles. The molecule has 0 aromatic rings. The summed E-state index contributed by atoms with van der Waals surface area (Å²) in [6.07, 6.45) is 6.68. The molecule has 0 aromatic carbocycles. The van der Waals surface area contributed by atoms with Gasteiger partial charge in [-0.1, -0.05) is 0 Å². The van der Waals surface area contributed by atoms with Gasteiger partial charge in [-0.25, -0.2) is 4.79 Å². The highest BCUT2D eigenvalue weighted by Crippen LogP contribution is 2.22. The summed E-state index contributed by atoms with van der Waals surface area (Å²) in [5, 5.41) is 0. The zero-order valence-corrected chi connectivity index (χ0v) is 19.1. The molecule has 32 heavy (non-hydrogen) atoms. The molecule has 9 nitrogen and oxygen atoms in total. The van der Waals surface area contributed by atoms with Gasteiger partial charge in [0.2, 0.25) is 18.6 Å². The molecule has 3 saturated heterocycles. The molecule has 0 spiro atoms. The summed E-state index contributed by atoms with van der Waals surface area (Å²) in [6, 6.07) is -0.312. The molecule has 0 N–H and O–H groups in total. The van der Waals surface area contributed by atoms with E-state index in [1.165, 1.54) is 0 Å². The fourth-order valence-electron chi connectivity index (χ4n) is 4.75. The average molecular weight is 453 g/mol. The lowest BCUT2D eigenvalue weighted by Crippen LogP contribution is -2.41. The van der Waals surface area contributed by atoms with Crippen molar-refractivity contribution in [2.24, 2.45) is 5.92 Å². The first kappa shape index (κ1) is 24.5. The number of likely N-dealkylation sites (tertiary alicyclic amines) is 2. The second kappa shape index (κ2) is 12.2. The minimum absolute atomic E-state index is 0.0920. The van der Waals surface area contributed by atoms with Gasteiger partial charge in [0.05, 0.1) is 5.92 Å². The third kappa shape index (κ3) is 6.67. The molecule has 3 heterocycles. The van der Waals surface area contributed by atoms with Gasteiger partial charge in [0.15, 0.2) is 0 Å². The maximum atomic E-state index is 12.6. The largest absolute Gasteiger partial charge is 0.428 e. The van der Waals surface area contributed by atoms with Crippen LogP contribution in [0.5, 0.6) is 0 Å². The second-order valence-electron chi connectivity index (χ2n) is 8.96. The van der Waals surface area contributed by atoms with Gasteiger partial charge in [0.1, 0.15) is 6.04 Å². The Balaban J connectivity index is 1.33. The van der Waals surface area contributed by atoms with E-state index < -0.39 is 18.8 Å². The zero-order chi connectivity index (χ0) is 22.9. The van der Waals surface area contributed by atoms with Gasteiger partial charge in [0.25, 0.3) is 0 Å². The molecule has 3 rings (SSSR count). The van der Waals surface area contributed by atoms with Crippen molar-refractivity contribution < 1.29 is 33.4 Å². The molecule has 3 aliphatic rings. The van der Waals surface area contributed by atoms with Crippen LogP contribution in [0.15, 0.2) is 0 Å². The van der Waals surface area contributed by atoms with Crippen LogP contribution in [0.2, 0.25) is 0 Å². The van der Waals surface area contributed by atoms with Gasteiger partial charge in [-0.15, -0.1) is 0 Å². The number of amides is 2. The van der Waals surface area contributed by atoms with Crippen LogP contribution >= 0.6 is 0 Å². The molecular formula is C23H36N2O7. The lowest BCUT2D eigenvalue weighted by molar-refractivity contribution is -0.175. The third-order valence-corrected chi connectivity index (χ3v) is 6.71. The fraction of sp³-hybridized carbons (Fsp3) is 0.826. The van der Waals surface area contributed by atoms with Crippen LogP contribution in [0.1, 0.15) is 71.1 Å². The molecule has 9 heteroatoms. The van der Waals surface area contributed by atoms with Gasteiger partial charge < -0.3 is 24.0 Å². The predicted octanol–water partition coefficient (Wildman–Crippen LogP) is 2.02. The van der Waals surface area contributed by atoms with Crippen molar-refractivity contribution in [2.45, 2.75) is 83.2 Å². The van der Waals surface area contributed by atoms with Crippen molar-refractivity contribution >= 4 is 23.8 Å². The van der Waals surface area contributed by atoms with Crippen LogP contribution < -0.4 is 0 Å². The van der Waals surface area contributed by atoms with Crippen LogP contribution in [-0.4, -0.2) is 78.7 Å². The summed E-state index contributed by atoms with van der Waals surface area (Å²) >= 11 is 0. The van der Waals surface area contributed by atoms with E-state index in [0.29, 0.717) is 70.7 Å². The Kier molecular flexibility index (Phi) is 9.32. The van der Waals surface area contributed by atoms with E-state index in [9.17, 15) is 19.2 Å². The first-order chi connectivity index (χ1) is 15.5. The van der Waals surface area contributed by atoms with Gasteiger partial charge in [-0.2, -0.15) is 0 Å². The number of nitrogens with zero attached hydrogens (tertiary/aromatic N) is 2. The highest BCUT2D eigenvalue weighted by Gasteiger charge is 2.35. The SMILES string of the molecule is CC1CCCN1C(=O)CCCCC(=O)N1CCCC1C(=O)OCOC(=O)C1CCOCC1. The Morgan fingerprint density at radius 2 is 1.41 bits per heavy atom. The Hall–Kier alpha value is -2.16. The molecular weight excluding hydrogens is 416 g/mol. The minimum atomic E-state index is -0.628. The average Bonchev–Trinajstić information content (AvgIpc) is 3.46. The summed E-state index contributed by atoms with van der Waals surface area (Å²) in [5.41, 5.74) is 0. The first-order valence-electron chi connectivity index (χ1n) is 12.0. The van der Waals surface area contributed by atoms with Crippen molar-refractivity contribution in [1.29, 1.82) is 0 Å². The van der Waals surface area contributed by atoms with E-state index in [1.807, 2.05) is 4.90 Å². The van der Waals surface area contributed by atoms with E-state index in [1.54, 1.807) is 4.90 Å². The Bertz CT molecular complexity index is 677. The predicted molar refractivity (Wildman–Crippen MR) is 114 cm³/mol. The van der Waals surface area contributed by atoms with E-state index in [-0.39, 0.29) is 23.7 Å². The summed E-state index contributed by atoms with van der Waals surface area (Å²) < 4.78 is 15.4. The van der Waals surface area contributed by atoms with E-state index in [2.05, 4.69) is 6.92 Å². The van der Waals surface area contributed by atoms with Crippen molar-refractivity contribution in [1.82, 2.24) is 9.80 Å². The number of hydrogen-bond donors (Lipinski definition) is 0. The van der Waals surface area contributed by atoms with Crippen LogP contribution in [0.25, 0.3) is 0 Å². The Labute approximate surface area is 189 Å². The third-order valence-electron chi connectivity index (χ3n) is 6.71. The Morgan fingerprint density at radius 1 is 0.812 bits per heavy atom. The molecule has 3 fully saturated rings. The minimum Gasteiger partial charge on any atom is -0.428 e. The molecule has 180 valence electrons. The molecule has 2 atom stereocenters. The summed E-state index contributed by atoms with van der Waals surface area (Å²) in [7, 11) is 0. The smallest absolute Gasteiger partial charge is 0.331 e. The zero-order valence-electron chi connectivity index (χ0n) is 19.1. The van der Waals surface area contributed by atoms with Crippen molar-refractivity contribution in [2.75, 3.05) is 33.1 Å². The number of carbonyl (C=O) groups is 4. The molecule has 3 aliphatic heterocycles.